The minimum atomic E-state index is -1.19. The lowest BCUT2D eigenvalue weighted by Gasteiger charge is -2.15. The van der Waals surface area contributed by atoms with Gasteiger partial charge in [0, 0.05) is 29.5 Å². The molecular formula is C26H47ClN3PS. The smallest absolute Gasteiger partial charge is 0.209 e. The Kier molecular flexibility index (Phi) is 13.4. The first kappa shape index (κ1) is 31.2. The van der Waals surface area contributed by atoms with E-state index in [1.165, 1.54) is 30.8 Å². The maximum absolute atomic E-state index is 6.45. The van der Waals surface area contributed by atoms with Crippen molar-refractivity contribution in [3.05, 3.63) is 38.9 Å². The first-order chi connectivity index (χ1) is 14.4. The zero-order valence-corrected chi connectivity index (χ0v) is 23.6. The van der Waals surface area contributed by atoms with Crippen LogP contribution in [0.25, 0.3) is 0 Å². The largest absolute Gasteiger partial charge is 0.303 e. The summed E-state index contributed by atoms with van der Waals surface area (Å²) in [6, 6.07) is 4.17. The predicted octanol–water partition coefficient (Wildman–Crippen LogP) is 8.79. The molecule has 0 bridgehead atoms. The van der Waals surface area contributed by atoms with Crippen LogP contribution in [0.1, 0.15) is 85.2 Å². The average Bonchev–Trinajstić information content (AvgIpc) is 3.14. The number of hydrogen-bond donors (Lipinski definition) is 0. The third-order valence-corrected chi connectivity index (χ3v) is 7.00. The number of halogens is 1. The number of fused-ring (bicyclic) bond motifs is 1. The van der Waals surface area contributed by atoms with Crippen LogP contribution in [0.15, 0.2) is 17.1 Å². The zero-order chi connectivity index (χ0) is 23.8. The molecule has 0 fully saturated rings. The predicted molar refractivity (Wildman–Crippen MR) is 152 cm³/mol. The first-order valence-electron chi connectivity index (χ1n) is 11.4. The molecule has 0 unspecified atom stereocenters. The van der Waals surface area contributed by atoms with E-state index in [0.717, 1.165) is 51.6 Å². The Labute approximate surface area is 207 Å². The van der Waals surface area contributed by atoms with Crippen LogP contribution < -0.4 is 4.80 Å². The Balaban J connectivity index is 0.00000106. The van der Waals surface area contributed by atoms with Crippen molar-refractivity contribution in [1.29, 1.82) is 0 Å². The molecule has 3 nitrogen and oxygen atoms in total. The van der Waals surface area contributed by atoms with Gasteiger partial charge in [-0.3, -0.25) is 0 Å². The fourth-order valence-corrected chi connectivity index (χ4v) is 5.41. The van der Waals surface area contributed by atoms with Crippen molar-refractivity contribution >= 4 is 42.0 Å². The van der Waals surface area contributed by atoms with Gasteiger partial charge in [-0.15, -0.1) is 13.2 Å². The zero-order valence-electron chi connectivity index (χ0n) is 21.2. The van der Waals surface area contributed by atoms with Crippen molar-refractivity contribution in [1.82, 2.24) is 8.94 Å². The molecule has 0 atom stereocenters. The SMILES string of the molecule is C.C=P(C)(C)Cc1cc(N=c2snc3n2CC(C)(C)C3)c(C)cc1Cl.CCC.CCCC. The van der Waals surface area contributed by atoms with E-state index in [0.29, 0.717) is 0 Å². The topological polar surface area (TPSA) is 30.2 Å². The van der Waals surface area contributed by atoms with Gasteiger partial charge in [-0.2, -0.15) is 4.37 Å². The molecular weight excluding hydrogens is 453 g/mol. The molecule has 1 aliphatic rings. The Hall–Kier alpha value is -0.830. The van der Waals surface area contributed by atoms with Crippen molar-refractivity contribution in [3.8, 4) is 0 Å². The molecule has 0 N–H and O–H groups in total. The summed E-state index contributed by atoms with van der Waals surface area (Å²) in [5.41, 5.74) is 3.51. The summed E-state index contributed by atoms with van der Waals surface area (Å²) < 4.78 is 6.86. The van der Waals surface area contributed by atoms with Crippen molar-refractivity contribution in [2.24, 2.45) is 10.4 Å². The quantitative estimate of drug-likeness (QED) is 0.386. The van der Waals surface area contributed by atoms with Gasteiger partial charge in [0.1, 0.15) is 5.82 Å². The fraction of sp³-hybridized carbons (Fsp3) is 0.654. The van der Waals surface area contributed by atoms with E-state index in [2.05, 4.69) is 83.1 Å². The van der Waals surface area contributed by atoms with Gasteiger partial charge in [0.05, 0.1) is 5.69 Å². The van der Waals surface area contributed by atoms with Crippen molar-refractivity contribution in [2.75, 3.05) is 13.3 Å². The molecule has 3 rings (SSSR count). The lowest BCUT2D eigenvalue weighted by atomic mass is 9.92. The molecule has 0 saturated carbocycles. The maximum atomic E-state index is 6.45. The number of hydrogen-bond acceptors (Lipinski definition) is 3. The van der Waals surface area contributed by atoms with Gasteiger partial charge in [-0.05, 0) is 55.1 Å². The highest BCUT2D eigenvalue weighted by atomic mass is 35.5. The molecule has 184 valence electrons. The molecule has 2 heterocycles. The molecule has 1 aromatic carbocycles. The van der Waals surface area contributed by atoms with Crippen molar-refractivity contribution in [3.63, 3.8) is 0 Å². The summed E-state index contributed by atoms with van der Waals surface area (Å²) in [5.74, 6) is 1.15. The number of benzene rings is 1. The summed E-state index contributed by atoms with van der Waals surface area (Å²) >= 11 is 7.94. The number of aromatic nitrogens is 2. The van der Waals surface area contributed by atoms with E-state index in [1.807, 2.05) is 6.07 Å². The van der Waals surface area contributed by atoms with E-state index in [9.17, 15) is 0 Å². The molecule has 0 aliphatic carbocycles. The van der Waals surface area contributed by atoms with Crippen LogP contribution in [0.2, 0.25) is 5.02 Å². The van der Waals surface area contributed by atoms with Crippen molar-refractivity contribution < 1.29 is 0 Å². The fourth-order valence-electron chi connectivity index (χ4n) is 3.09. The van der Waals surface area contributed by atoms with Crippen molar-refractivity contribution in [2.45, 2.75) is 94.3 Å². The minimum absolute atomic E-state index is 0. The van der Waals surface area contributed by atoms with Crippen LogP contribution in [0.5, 0.6) is 0 Å². The van der Waals surface area contributed by atoms with E-state index in [-0.39, 0.29) is 12.8 Å². The summed E-state index contributed by atoms with van der Waals surface area (Å²) in [6.07, 6.45) is 10.2. The standard InChI is InChI=1S/C18H25ClN3PS.C4H10.C3H8.CH4/c1-12-7-14(19)13(10-23(4,5)6)8-15(12)20-17-22-11-18(2,3)9-16(22)21-24-17;1-3-4-2;1-3-2;/h7-8H,4,9-11H2,1-3,5-6H3;3-4H2,1-2H3;3H2,1-2H3;1H4. The average molecular weight is 500 g/mol. The summed E-state index contributed by atoms with van der Waals surface area (Å²) in [7, 11) is 0. The number of nitrogens with zero attached hydrogens (tertiary/aromatic N) is 3. The molecule has 0 amide bonds. The summed E-state index contributed by atoms with van der Waals surface area (Å²) in [5, 5.41) is 0.825. The molecule has 32 heavy (non-hydrogen) atoms. The second-order valence-corrected chi connectivity index (χ2v) is 15.3. The van der Waals surface area contributed by atoms with Crippen LogP contribution >= 0.6 is 30.0 Å². The Morgan fingerprint density at radius 1 is 1.19 bits per heavy atom. The highest BCUT2D eigenvalue weighted by molar-refractivity contribution is 7.71. The molecule has 0 spiro atoms. The molecule has 0 radical (unpaired) electrons. The van der Waals surface area contributed by atoms with Gasteiger partial charge in [-0.1, -0.05) is 79.8 Å². The first-order valence-corrected chi connectivity index (χ1v) is 15.6. The van der Waals surface area contributed by atoms with Gasteiger partial charge in [0.25, 0.3) is 0 Å². The second-order valence-electron chi connectivity index (χ2n) is 9.95. The van der Waals surface area contributed by atoms with Crippen LogP contribution in [0.4, 0.5) is 5.69 Å². The number of unbranched alkanes of at least 4 members (excludes halogenated alkanes) is 1. The highest BCUT2D eigenvalue weighted by Gasteiger charge is 2.30. The van der Waals surface area contributed by atoms with Crippen LogP contribution in [-0.4, -0.2) is 28.6 Å². The second kappa shape index (κ2) is 13.8. The Morgan fingerprint density at radius 2 is 1.75 bits per heavy atom. The summed E-state index contributed by atoms with van der Waals surface area (Å²) in [4.78, 5) is 5.90. The van der Waals surface area contributed by atoms with E-state index in [1.54, 1.807) is 0 Å². The highest BCUT2D eigenvalue weighted by Crippen LogP contribution is 2.42. The van der Waals surface area contributed by atoms with Gasteiger partial charge >= 0.3 is 0 Å². The molecule has 1 aliphatic heterocycles. The maximum Gasteiger partial charge on any atom is 0.209 e. The van der Waals surface area contributed by atoms with Gasteiger partial charge < -0.3 is 4.57 Å². The minimum Gasteiger partial charge on any atom is -0.303 e. The monoisotopic (exact) mass is 499 g/mol. The van der Waals surface area contributed by atoms with Gasteiger partial charge in [0.15, 0.2) is 0 Å². The molecule has 6 heteroatoms. The number of aryl methyl sites for hydroxylation is 1. The molecule has 2 aromatic rings. The Bertz CT molecular complexity index is 948. The summed E-state index contributed by atoms with van der Waals surface area (Å²) in [6.45, 7) is 19.5. The molecule has 1 aromatic heterocycles. The van der Waals surface area contributed by atoms with Crippen LogP contribution in [0.3, 0.4) is 0 Å². The van der Waals surface area contributed by atoms with E-state index in [4.69, 9.17) is 16.6 Å². The Morgan fingerprint density at radius 3 is 2.25 bits per heavy atom. The van der Waals surface area contributed by atoms with Crippen LogP contribution in [0, 0.1) is 12.3 Å². The molecule has 0 saturated heterocycles. The lowest BCUT2D eigenvalue weighted by Crippen LogP contribution is -2.19. The normalized spacial score (nSPS) is 14.5. The van der Waals surface area contributed by atoms with E-state index < -0.39 is 6.89 Å². The van der Waals surface area contributed by atoms with Crippen LogP contribution in [-0.2, 0) is 19.1 Å². The number of rotatable bonds is 4. The van der Waals surface area contributed by atoms with Gasteiger partial charge in [0.2, 0.25) is 4.80 Å². The van der Waals surface area contributed by atoms with Gasteiger partial charge in [-0.25, -0.2) is 4.99 Å². The van der Waals surface area contributed by atoms with E-state index >= 15 is 0 Å². The lowest BCUT2D eigenvalue weighted by molar-refractivity contribution is 0.356. The third kappa shape index (κ3) is 9.98. The third-order valence-electron chi connectivity index (χ3n) is 4.68.